The lowest BCUT2D eigenvalue weighted by atomic mass is 10.1. The Morgan fingerprint density at radius 3 is 2.96 bits per heavy atom. The van der Waals surface area contributed by atoms with Gasteiger partial charge in [-0.2, -0.15) is 0 Å². The summed E-state index contributed by atoms with van der Waals surface area (Å²) in [5, 5.41) is 3.25. The minimum Gasteiger partial charge on any atom is -0.340 e. The van der Waals surface area contributed by atoms with Crippen molar-refractivity contribution in [2.24, 2.45) is 0 Å². The van der Waals surface area contributed by atoms with Gasteiger partial charge in [0, 0.05) is 18.4 Å². The maximum absolute atomic E-state index is 14.0. The quantitative estimate of drug-likeness (QED) is 0.685. The van der Waals surface area contributed by atoms with Crippen LogP contribution in [0.4, 0.5) is 21.6 Å². The van der Waals surface area contributed by atoms with Crippen LogP contribution in [-0.4, -0.2) is 9.97 Å². The first kappa shape index (κ1) is 14.6. The second-order valence-electron chi connectivity index (χ2n) is 5.72. The molecule has 6 heteroatoms. The van der Waals surface area contributed by atoms with Crippen molar-refractivity contribution in [3.05, 3.63) is 65.6 Å². The number of aryl methyl sites for hydroxylation is 1. The zero-order valence-electron chi connectivity index (χ0n) is 13.1. The van der Waals surface area contributed by atoms with Gasteiger partial charge in [-0.05, 0) is 48.9 Å². The van der Waals surface area contributed by atoms with Gasteiger partial charge < -0.3 is 10.7 Å². The first-order valence-electron chi connectivity index (χ1n) is 7.67. The summed E-state index contributed by atoms with van der Waals surface area (Å²) >= 11 is 0. The Morgan fingerprint density at radius 2 is 2.04 bits per heavy atom. The molecule has 0 spiro atoms. The Labute approximate surface area is 138 Å². The van der Waals surface area contributed by atoms with E-state index in [1.54, 1.807) is 24.4 Å². The molecule has 0 aliphatic carbocycles. The average Bonchev–Trinajstić information content (AvgIpc) is 3.05. The number of anilines is 3. The fourth-order valence-corrected chi connectivity index (χ4v) is 2.69. The number of aromatic nitrogens is 2. The number of fused-ring (bicyclic) bond motifs is 1. The highest BCUT2D eigenvalue weighted by Gasteiger charge is 2.11. The van der Waals surface area contributed by atoms with Crippen LogP contribution in [0.15, 0.2) is 48.7 Å². The van der Waals surface area contributed by atoms with Gasteiger partial charge in [-0.1, -0.05) is 11.6 Å². The Bertz CT molecular complexity index is 910. The smallest absolute Gasteiger partial charge is 0.164 e. The van der Waals surface area contributed by atoms with Crippen LogP contribution < -0.4 is 16.2 Å². The van der Waals surface area contributed by atoms with Crippen LogP contribution in [0, 0.1) is 12.7 Å². The van der Waals surface area contributed by atoms with Crippen LogP contribution in [0.25, 0.3) is 11.4 Å². The largest absolute Gasteiger partial charge is 0.340 e. The van der Waals surface area contributed by atoms with Crippen molar-refractivity contribution in [3.63, 3.8) is 0 Å². The molecule has 0 saturated carbocycles. The van der Waals surface area contributed by atoms with Gasteiger partial charge in [-0.25, -0.2) is 19.8 Å². The molecule has 0 amide bonds. The second-order valence-corrected chi connectivity index (χ2v) is 5.72. The van der Waals surface area contributed by atoms with E-state index in [9.17, 15) is 4.39 Å². The van der Waals surface area contributed by atoms with Gasteiger partial charge in [0.05, 0.1) is 11.3 Å². The summed E-state index contributed by atoms with van der Waals surface area (Å²) in [6.45, 7) is 2.69. The van der Waals surface area contributed by atoms with Crippen LogP contribution in [-0.2, 0) is 6.54 Å². The van der Waals surface area contributed by atoms with Crippen LogP contribution >= 0.6 is 0 Å². The van der Waals surface area contributed by atoms with Crippen molar-refractivity contribution < 1.29 is 4.39 Å². The number of nitrogens with one attached hydrogen (secondary N) is 3. The predicted molar refractivity (Wildman–Crippen MR) is 92.4 cm³/mol. The molecular formula is C18H16FN5. The van der Waals surface area contributed by atoms with E-state index in [4.69, 9.17) is 0 Å². The second kappa shape index (κ2) is 5.90. The van der Waals surface area contributed by atoms with Crippen molar-refractivity contribution in [1.82, 2.24) is 15.4 Å². The molecule has 0 atom stereocenters. The highest BCUT2D eigenvalue weighted by molar-refractivity contribution is 5.66. The highest BCUT2D eigenvalue weighted by Crippen LogP contribution is 2.26. The third kappa shape index (κ3) is 2.79. The summed E-state index contributed by atoms with van der Waals surface area (Å²) in [6, 6.07) is 12.7. The molecule has 0 bridgehead atoms. The van der Waals surface area contributed by atoms with Gasteiger partial charge in [0.1, 0.15) is 11.6 Å². The molecular weight excluding hydrogens is 305 g/mol. The molecule has 1 aliphatic rings. The summed E-state index contributed by atoms with van der Waals surface area (Å²) in [7, 11) is 0. The predicted octanol–water partition coefficient (Wildman–Crippen LogP) is 3.76. The molecule has 0 unspecified atom stereocenters. The number of hydrogen-bond acceptors (Lipinski definition) is 5. The van der Waals surface area contributed by atoms with E-state index in [-0.39, 0.29) is 5.82 Å². The van der Waals surface area contributed by atoms with E-state index < -0.39 is 0 Å². The molecule has 1 aliphatic heterocycles. The summed E-state index contributed by atoms with van der Waals surface area (Å²) < 4.78 is 14.0. The first-order chi connectivity index (χ1) is 11.7. The van der Waals surface area contributed by atoms with Crippen molar-refractivity contribution >= 4 is 17.2 Å². The minimum atomic E-state index is -0.326. The fraction of sp³-hybridized carbons (Fsp3) is 0.111. The topological polar surface area (TPSA) is 61.9 Å². The maximum Gasteiger partial charge on any atom is 0.164 e. The van der Waals surface area contributed by atoms with Gasteiger partial charge >= 0.3 is 0 Å². The molecule has 0 saturated heterocycles. The van der Waals surface area contributed by atoms with E-state index in [2.05, 4.69) is 32.2 Å². The van der Waals surface area contributed by atoms with Crippen molar-refractivity contribution in [2.45, 2.75) is 13.5 Å². The molecule has 3 N–H and O–H groups in total. The van der Waals surface area contributed by atoms with Crippen LogP contribution in [0.2, 0.25) is 0 Å². The molecule has 5 nitrogen and oxygen atoms in total. The van der Waals surface area contributed by atoms with E-state index >= 15 is 0 Å². The maximum atomic E-state index is 14.0. The Hall–Kier alpha value is -2.99. The van der Waals surface area contributed by atoms with Crippen LogP contribution in [0.1, 0.15) is 11.1 Å². The number of nitrogens with zero attached hydrogens (tertiary/aromatic N) is 2. The van der Waals surface area contributed by atoms with E-state index in [1.807, 2.05) is 19.1 Å². The van der Waals surface area contributed by atoms with Gasteiger partial charge in [-0.15, -0.1) is 0 Å². The molecule has 24 heavy (non-hydrogen) atoms. The molecule has 120 valence electrons. The average molecular weight is 321 g/mol. The fourth-order valence-electron chi connectivity index (χ4n) is 2.69. The van der Waals surface area contributed by atoms with Crippen LogP contribution in [0.3, 0.4) is 0 Å². The van der Waals surface area contributed by atoms with Crippen molar-refractivity contribution in [2.75, 3.05) is 10.7 Å². The summed E-state index contributed by atoms with van der Waals surface area (Å²) in [5.74, 6) is 0.665. The zero-order valence-corrected chi connectivity index (χ0v) is 13.1. The van der Waals surface area contributed by atoms with Gasteiger partial charge in [0.2, 0.25) is 0 Å². The molecule has 2 aromatic carbocycles. The molecule has 0 fully saturated rings. The lowest BCUT2D eigenvalue weighted by Crippen LogP contribution is -2.10. The summed E-state index contributed by atoms with van der Waals surface area (Å²) in [4.78, 5) is 8.64. The molecule has 3 aromatic rings. The standard InChI is InChI=1S/C18H16FN5/c1-11-2-4-15(19)14(8-11)18-20-7-6-17(23-18)22-13-3-5-16-12(9-13)10-21-24-16/h2-9,21,24H,10H2,1H3,(H,20,22,23). The normalized spacial score (nSPS) is 12.6. The monoisotopic (exact) mass is 321 g/mol. The van der Waals surface area contributed by atoms with Crippen molar-refractivity contribution in [3.8, 4) is 11.4 Å². The Balaban J connectivity index is 1.64. The number of benzene rings is 2. The number of hydrogen-bond donors (Lipinski definition) is 3. The molecule has 1 aromatic heterocycles. The minimum absolute atomic E-state index is 0.326. The zero-order chi connectivity index (χ0) is 16.5. The Morgan fingerprint density at radius 1 is 1.12 bits per heavy atom. The number of hydrazine groups is 1. The number of halogens is 1. The van der Waals surface area contributed by atoms with Gasteiger partial charge in [0.15, 0.2) is 5.82 Å². The highest BCUT2D eigenvalue weighted by atomic mass is 19.1. The SMILES string of the molecule is Cc1ccc(F)c(-c2nccc(Nc3ccc4c(c3)CNN4)n2)c1. The number of rotatable bonds is 3. The summed E-state index contributed by atoms with van der Waals surface area (Å²) in [5.41, 5.74) is 10.7. The third-order valence-electron chi connectivity index (χ3n) is 3.90. The first-order valence-corrected chi connectivity index (χ1v) is 7.67. The molecule has 4 rings (SSSR count). The van der Waals surface area contributed by atoms with E-state index in [1.165, 1.54) is 11.6 Å². The third-order valence-corrected chi connectivity index (χ3v) is 3.90. The van der Waals surface area contributed by atoms with Gasteiger partial charge in [0.25, 0.3) is 0 Å². The van der Waals surface area contributed by atoms with E-state index in [0.29, 0.717) is 17.2 Å². The lowest BCUT2D eigenvalue weighted by Gasteiger charge is -2.09. The molecule has 0 radical (unpaired) electrons. The van der Waals surface area contributed by atoms with E-state index in [0.717, 1.165) is 23.5 Å². The Kier molecular flexibility index (Phi) is 3.59. The van der Waals surface area contributed by atoms with Crippen molar-refractivity contribution in [1.29, 1.82) is 0 Å². The van der Waals surface area contributed by atoms with Gasteiger partial charge in [-0.3, -0.25) is 0 Å². The summed E-state index contributed by atoms with van der Waals surface area (Å²) in [6.07, 6.45) is 1.63. The molecule has 2 heterocycles. The van der Waals surface area contributed by atoms with Crippen LogP contribution in [0.5, 0.6) is 0 Å². The lowest BCUT2D eigenvalue weighted by molar-refractivity contribution is 0.629.